The number of hydrogen-bond donors (Lipinski definition) is 0. The number of benzene rings is 1. The van der Waals surface area contributed by atoms with Crippen LogP contribution in [0.2, 0.25) is 0 Å². The Hall–Kier alpha value is -2.64. The summed E-state index contributed by atoms with van der Waals surface area (Å²) in [7, 11) is 0. The first-order valence-corrected chi connectivity index (χ1v) is 6.46. The van der Waals surface area contributed by atoms with Crippen LogP contribution in [0, 0.1) is 0 Å². The Balaban J connectivity index is 1.96. The molecule has 0 atom stereocenters. The summed E-state index contributed by atoms with van der Waals surface area (Å²) in [5.74, 6) is 0.127. The van der Waals surface area contributed by atoms with Gasteiger partial charge in [-0.05, 0) is 6.07 Å². The number of fused-ring (bicyclic) bond motifs is 1. The lowest BCUT2D eigenvalue weighted by atomic mass is 10.2. The molecule has 3 aromatic rings. The monoisotopic (exact) mass is 308 g/mol. The Bertz CT molecular complexity index is 866. The van der Waals surface area contributed by atoms with Gasteiger partial charge in [0.05, 0.1) is 11.6 Å². The average molecular weight is 308 g/mol. The predicted octanol–water partition coefficient (Wildman–Crippen LogP) is 2.20. The van der Waals surface area contributed by atoms with Crippen LogP contribution in [0.3, 0.4) is 0 Å². The van der Waals surface area contributed by atoms with Gasteiger partial charge in [-0.25, -0.2) is 9.67 Å². The third-order valence-electron chi connectivity index (χ3n) is 3.20. The molecule has 1 aromatic carbocycles. The maximum atomic E-state index is 12.5. The van der Waals surface area contributed by atoms with E-state index in [9.17, 15) is 18.0 Å². The molecule has 2 aromatic heterocycles. The highest BCUT2D eigenvalue weighted by Gasteiger charge is 2.28. The van der Waals surface area contributed by atoms with E-state index in [-0.39, 0.29) is 17.9 Å². The molecule has 8 heteroatoms. The highest BCUT2D eigenvalue weighted by Crippen LogP contribution is 2.18. The van der Waals surface area contributed by atoms with Gasteiger partial charge in [-0.2, -0.15) is 18.3 Å². The molecule has 0 spiro atoms. The predicted molar refractivity (Wildman–Crippen MR) is 73.4 cm³/mol. The molecule has 22 heavy (non-hydrogen) atoms. The topological polar surface area (TPSA) is 52.7 Å². The molecule has 0 amide bonds. The van der Waals surface area contributed by atoms with Crippen LogP contribution < -0.4 is 5.56 Å². The van der Waals surface area contributed by atoms with E-state index >= 15 is 0 Å². The summed E-state index contributed by atoms with van der Waals surface area (Å²) < 4.78 is 39.5. The maximum absolute atomic E-state index is 12.5. The number of hydrogen-bond acceptors (Lipinski definition) is 3. The van der Waals surface area contributed by atoms with Crippen LogP contribution in [0.15, 0.2) is 47.7 Å². The van der Waals surface area contributed by atoms with Crippen molar-refractivity contribution >= 4 is 10.8 Å². The quantitative estimate of drug-likeness (QED) is 0.745. The molecule has 0 aliphatic carbocycles. The van der Waals surface area contributed by atoms with Crippen molar-refractivity contribution in [2.45, 2.75) is 19.3 Å². The first-order chi connectivity index (χ1) is 10.4. The second kappa shape index (κ2) is 5.28. The number of nitrogens with zero attached hydrogens (tertiary/aromatic N) is 4. The molecule has 114 valence electrons. The Morgan fingerprint density at radius 2 is 1.95 bits per heavy atom. The number of imidazole rings is 1. The molecule has 0 fully saturated rings. The van der Waals surface area contributed by atoms with Gasteiger partial charge >= 0.3 is 6.18 Å². The minimum atomic E-state index is -4.35. The maximum Gasteiger partial charge on any atom is 0.406 e. The summed E-state index contributed by atoms with van der Waals surface area (Å²) >= 11 is 0. The standard InChI is InChI=1S/C14H11F3N4O/c15-14(16,17)9-20-6-5-18-12(20)8-21-13(22)11-4-2-1-3-10(11)7-19-21/h1-7H,8-9H2. The third-order valence-corrected chi connectivity index (χ3v) is 3.20. The summed E-state index contributed by atoms with van der Waals surface area (Å²) in [5.41, 5.74) is -0.361. The van der Waals surface area contributed by atoms with Gasteiger partial charge in [-0.3, -0.25) is 4.79 Å². The Labute approximate surface area is 122 Å². The molecular weight excluding hydrogens is 297 g/mol. The molecular formula is C14H11F3N4O. The lowest BCUT2D eigenvalue weighted by Gasteiger charge is -2.11. The van der Waals surface area contributed by atoms with Crippen LogP contribution in [0.25, 0.3) is 10.8 Å². The SMILES string of the molecule is O=c1c2ccccc2cnn1Cc1nccn1CC(F)(F)F. The van der Waals surface area contributed by atoms with E-state index in [0.717, 1.165) is 9.25 Å². The zero-order chi connectivity index (χ0) is 15.7. The zero-order valence-corrected chi connectivity index (χ0v) is 11.3. The van der Waals surface area contributed by atoms with E-state index in [1.54, 1.807) is 24.3 Å². The number of alkyl halides is 3. The Morgan fingerprint density at radius 1 is 1.18 bits per heavy atom. The van der Waals surface area contributed by atoms with E-state index in [0.29, 0.717) is 10.8 Å². The molecule has 0 aliphatic heterocycles. The zero-order valence-electron chi connectivity index (χ0n) is 11.3. The van der Waals surface area contributed by atoms with Gasteiger partial charge in [0.25, 0.3) is 5.56 Å². The number of aromatic nitrogens is 4. The van der Waals surface area contributed by atoms with Crippen LogP contribution in [-0.4, -0.2) is 25.5 Å². The van der Waals surface area contributed by atoms with Crippen molar-refractivity contribution in [2.24, 2.45) is 0 Å². The summed E-state index contributed by atoms with van der Waals surface area (Å²) in [6.07, 6.45) is -0.340. The van der Waals surface area contributed by atoms with Crippen molar-refractivity contribution in [2.75, 3.05) is 0 Å². The minimum absolute atomic E-state index is 0.118. The van der Waals surface area contributed by atoms with Crippen LogP contribution in [0.4, 0.5) is 13.2 Å². The van der Waals surface area contributed by atoms with Crippen LogP contribution in [0.5, 0.6) is 0 Å². The molecule has 0 bridgehead atoms. The van der Waals surface area contributed by atoms with Gasteiger partial charge in [-0.1, -0.05) is 18.2 Å². The second-order valence-corrected chi connectivity index (χ2v) is 4.78. The normalized spacial score (nSPS) is 12.0. The fraction of sp³-hybridized carbons (Fsp3) is 0.214. The third kappa shape index (κ3) is 2.85. The molecule has 0 radical (unpaired) electrons. The fourth-order valence-electron chi connectivity index (χ4n) is 2.20. The minimum Gasteiger partial charge on any atom is -0.324 e. The van der Waals surface area contributed by atoms with Crippen molar-refractivity contribution in [1.29, 1.82) is 0 Å². The Morgan fingerprint density at radius 3 is 2.73 bits per heavy atom. The van der Waals surface area contributed by atoms with E-state index in [1.807, 2.05) is 0 Å². The largest absolute Gasteiger partial charge is 0.406 e. The lowest BCUT2D eigenvalue weighted by molar-refractivity contribution is -0.141. The van der Waals surface area contributed by atoms with Crippen molar-refractivity contribution < 1.29 is 13.2 Å². The van der Waals surface area contributed by atoms with Crippen LogP contribution in [-0.2, 0) is 13.1 Å². The Kier molecular flexibility index (Phi) is 3.44. The van der Waals surface area contributed by atoms with Gasteiger partial charge in [0.2, 0.25) is 0 Å². The molecule has 5 nitrogen and oxygen atoms in total. The molecule has 0 saturated heterocycles. The summed E-state index contributed by atoms with van der Waals surface area (Å²) in [6, 6.07) is 6.90. The number of rotatable bonds is 3. The second-order valence-electron chi connectivity index (χ2n) is 4.78. The van der Waals surface area contributed by atoms with Crippen molar-refractivity contribution in [3.8, 4) is 0 Å². The smallest absolute Gasteiger partial charge is 0.324 e. The molecule has 0 saturated carbocycles. The first-order valence-electron chi connectivity index (χ1n) is 6.46. The first kappa shape index (κ1) is 14.3. The molecule has 0 N–H and O–H groups in total. The van der Waals surface area contributed by atoms with Gasteiger partial charge in [0.1, 0.15) is 18.9 Å². The molecule has 2 heterocycles. The van der Waals surface area contributed by atoms with Gasteiger partial charge < -0.3 is 4.57 Å². The van der Waals surface area contributed by atoms with Gasteiger partial charge in [-0.15, -0.1) is 0 Å². The highest BCUT2D eigenvalue weighted by atomic mass is 19.4. The van der Waals surface area contributed by atoms with Gasteiger partial charge in [0, 0.05) is 17.8 Å². The van der Waals surface area contributed by atoms with Crippen LogP contribution >= 0.6 is 0 Å². The van der Waals surface area contributed by atoms with Crippen LogP contribution in [0.1, 0.15) is 5.82 Å². The van der Waals surface area contributed by atoms with E-state index in [2.05, 4.69) is 10.1 Å². The average Bonchev–Trinajstić information content (AvgIpc) is 2.87. The molecule has 0 unspecified atom stereocenters. The summed E-state index contributed by atoms with van der Waals surface area (Å²) in [6.45, 7) is -1.27. The van der Waals surface area contributed by atoms with Crippen molar-refractivity contribution in [1.82, 2.24) is 19.3 Å². The lowest BCUT2D eigenvalue weighted by Crippen LogP contribution is -2.26. The summed E-state index contributed by atoms with van der Waals surface area (Å²) in [5, 5.41) is 5.14. The highest BCUT2D eigenvalue weighted by molar-refractivity contribution is 5.80. The fourth-order valence-corrected chi connectivity index (χ4v) is 2.20. The summed E-state index contributed by atoms with van der Waals surface area (Å²) in [4.78, 5) is 16.2. The van der Waals surface area contributed by atoms with E-state index in [1.165, 1.54) is 18.6 Å². The van der Waals surface area contributed by atoms with Gasteiger partial charge in [0.15, 0.2) is 0 Å². The molecule has 0 aliphatic rings. The molecule has 3 rings (SSSR count). The number of halogens is 3. The van der Waals surface area contributed by atoms with E-state index in [4.69, 9.17) is 0 Å². The van der Waals surface area contributed by atoms with Crippen molar-refractivity contribution in [3.63, 3.8) is 0 Å². The van der Waals surface area contributed by atoms with Crippen molar-refractivity contribution in [3.05, 3.63) is 59.0 Å². The van der Waals surface area contributed by atoms with E-state index < -0.39 is 12.7 Å².